The number of rotatable bonds is 12. The molecule has 0 heterocycles. The van der Waals surface area contributed by atoms with Crippen molar-refractivity contribution in [1.29, 1.82) is 0 Å². The van der Waals surface area contributed by atoms with Crippen LogP contribution in [0.2, 0.25) is 5.02 Å². The molecular formula is C25H33ClN3O7P. The molecule has 0 radical (unpaired) electrons. The third kappa shape index (κ3) is 9.81. The number of carbonyl (C=O) groups excluding carboxylic acids is 3. The van der Waals surface area contributed by atoms with Crippen LogP contribution in [-0.4, -0.2) is 50.5 Å². The highest BCUT2D eigenvalue weighted by Crippen LogP contribution is 2.41. The molecule has 10 nitrogen and oxygen atoms in total. The lowest BCUT2D eigenvalue weighted by atomic mass is 9.97. The van der Waals surface area contributed by atoms with E-state index >= 15 is 0 Å². The van der Waals surface area contributed by atoms with Crippen LogP contribution in [0.25, 0.3) is 0 Å². The topological polar surface area (TPSA) is 165 Å². The van der Waals surface area contributed by atoms with Crippen LogP contribution in [0, 0.1) is 5.92 Å². The number of halogens is 1. The zero-order valence-electron chi connectivity index (χ0n) is 20.8. The Morgan fingerprint density at radius 3 is 1.95 bits per heavy atom. The van der Waals surface area contributed by atoms with E-state index in [0.29, 0.717) is 22.6 Å². The normalized spacial score (nSPS) is 14.6. The Bertz CT molecular complexity index is 1120. The Morgan fingerprint density at radius 1 is 0.892 bits per heavy atom. The van der Waals surface area contributed by atoms with E-state index in [-0.39, 0.29) is 24.5 Å². The molecule has 1 unspecified atom stereocenters. The van der Waals surface area contributed by atoms with Gasteiger partial charge in [-0.25, -0.2) is 0 Å². The van der Waals surface area contributed by atoms with Crippen molar-refractivity contribution in [2.45, 2.75) is 57.9 Å². The number of hydrogen-bond donors (Lipinski definition) is 6. The second-order valence-corrected chi connectivity index (χ2v) is 11.2. The fourth-order valence-corrected chi connectivity index (χ4v) is 4.49. The molecule has 0 saturated heterocycles. The van der Waals surface area contributed by atoms with Crippen molar-refractivity contribution in [1.82, 2.24) is 16.0 Å². The maximum Gasteiger partial charge on any atom is 0.347 e. The predicted octanol–water partition coefficient (Wildman–Crippen LogP) is 2.49. The second-order valence-electron chi connectivity index (χ2n) is 8.94. The molecule has 3 amide bonds. The molecule has 2 aromatic carbocycles. The van der Waals surface area contributed by atoms with Crippen LogP contribution in [0.4, 0.5) is 0 Å². The van der Waals surface area contributed by atoms with Gasteiger partial charge in [-0.05, 0) is 41.3 Å². The molecule has 0 aliphatic carbocycles. The van der Waals surface area contributed by atoms with E-state index in [1.165, 1.54) is 19.1 Å². The van der Waals surface area contributed by atoms with Crippen LogP contribution >= 0.6 is 19.2 Å². The minimum atomic E-state index is -4.80. The molecule has 0 aromatic heterocycles. The van der Waals surface area contributed by atoms with E-state index in [2.05, 4.69) is 16.0 Å². The van der Waals surface area contributed by atoms with Crippen molar-refractivity contribution in [3.63, 3.8) is 0 Å². The molecule has 0 aliphatic rings. The van der Waals surface area contributed by atoms with E-state index in [1.807, 2.05) is 6.92 Å². The zero-order chi connectivity index (χ0) is 27.8. The first-order valence-electron chi connectivity index (χ1n) is 11.8. The predicted molar refractivity (Wildman–Crippen MR) is 140 cm³/mol. The number of aromatic hydroxyl groups is 1. The van der Waals surface area contributed by atoms with Gasteiger partial charge in [-0.15, -0.1) is 0 Å². The first-order valence-corrected chi connectivity index (χ1v) is 13.8. The van der Waals surface area contributed by atoms with Crippen LogP contribution in [0.1, 0.15) is 38.3 Å². The minimum Gasteiger partial charge on any atom is -0.508 e. The molecule has 2 aromatic rings. The zero-order valence-corrected chi connectivity index (χ0v) is 22.5. The molecule has 12 heteroatoms. The van der Waals surface area contributed by atoms with Crippen LogP contribution in [0.5, 0.6) is 5.75 Å². The third-order valence-corrected chi connectivity index (χ3v) is 7.30. The van der Waals surface area contributed by atoms with Crippen molar-refractivity contribution < 1.29 is 33.8 Å². The van der Waals surface area contributed by atoms with Gasteiger partial charge in [-0.1, -0.05) is 56.1 Å². The van der Waals surface area contributed by atoms with E-state index < -0.39 is 43.2 Å². The smallest absolute Gasteiger partial charge is 0.347 e. The van der Waals surface area contributed by atoms with E-state index in [9.17, 15) is 33.8 Å². The monoisotopic (exact) mass is 553 g/mol. The molecule has 0 fully saturated rings. The standard InChI is InChI=1S/C25H33ClN3O7P/c1-4-15(2)23(27-16(3)30)25(33)28-21(13-17-7-11-20(31)12-8-17)24(32)29-22(37(34,35)36)14-18-5-9-19(26)10-6-18/h5-12,15,21-23,31H,4,13-14H2,1-3H3,(H,27,30)(H,28,33)(H,29,32)(H2,34,35,36)/t15-,21-,22?,23-/m0/s1. The molecule has 6 N–H and O–H groups in total. The Labute approximate surface area is 221 Å². The minimum absolute atomic E-state index is 0.0146. The van der Waals surface area contributed by atoms with Gasteiger partial charge in [0.15, 0.2) is 0 Å². The summed E-state index contributed by atoms with van der Waals surface area (Å²) in [7, 11) is -4.80. The van der Waals surface area contributed by atoms with Gasteiger partial charge in [0.05, 0.1) is 0 Å². The summed E-state index contributed by atoms with van der Waals surface area (Å²) in [5.74, 6) is -3.61. The van der Waals surface area contributed by atoms with Crippen LogP contribution in [-0.2, 0) is 31.8 Å². The largest absolute Gasteiger partial charge is 0.508 e. The van der Waals surface area contributed by atoms with Crippen molar-refractivity contribution >= 4 is 36.9 Å². The van der Waals surface area contributed by atoms with Gasteiger partial charge in [0.25, 0.3) is 0 Å². The summed E-state index contributed by atoms with van der Waals surface area (Å²) in [6.07, 6.45) is 0.378. The number of hydrogen-bond acceptors (Lipinski definition) is 5. The molecule has 0 saturated carbocycles. The number of phenolic OH excluding ortho intramolecular Hbond substituents is 1. The number of carbonyl (C=O) groups is 3. The summed E-state index contributed by atoms with van der Waals surface area (Å²) in [5, 5.41) is 17.6. The Hall–Kier alpha value is -2.91. The Kier molecular flexibility index (Phi) is 11.1. The first-order chi connectivity index (χ1) is 17.3. The van der Waals surface area contributed by atoms with Gasteiger partial charge in [-0.2, -0.15) is 0 Å². The first kappa shape index (κ1) is 30.3. The lowest BCUT2D eigenvalue weighted by Gasteiger charge is -2.28. The number of benzene rings is 2. The molecular weight excluding hydrogens is 521 g/mol. The molecule has 0 spiro atoms. The Morgan fingerprint density at radius 2 is 1.43 bits per heavy atom. The second kappa shape index (κ2) is 13.6. The van der Waals surface area contributed by atoms with Crippen molar-refractivity contribution in [3.05, 3.63) is 64.7 Å². The molecule has 202 valence electrons. The number of phenols is 1. The summed E-state index contributed by atoms with van der Waals surface area (Å²) >= 11 is 5.88. The van der Waals surface area contributed by atoms with Gasteiger partial charge in [0.1, 0.15) is 23.6 Å². The maximum atomic E-state index is 13.3. The van der Waals surface area contributed by atoms with Crippen LogP contribution < -0.4 is 16.0 Å². The Balaban J connectivity index is 2.32. The van der Waals surface area contributed by atoms with Crippen molar-refractivity contribution in [2.75, 3.05) is 0 Å². The summed E-state index contributed by atoms with van der Waals surface area (Å²) in [6.45, 7) is 4.92. The fourth-order valence-electron chi connectivity index (χ4n) is 3.62. The average Bonchev–Trinajstić information content (AvgIpc) is 2.83. The molecule has 37 heavy (non-hydrogen) atoms. The number of amides is 3. The molecule has 4 atom stereocenters. The molecule has 2 rings (SSSR count). The van der Waals surface area contributed by atoms with E-state index in [4.69, 9.17) is 11.6 Å². The average molecular weight is 554 g/mol. The van der Waals surface area contributed by atoms with Gasteiger partial charge in [0, 0.05) is 24.8 Å². The van der Waals surface area contributed by atoms with Gasteiger partial charge < -0.3 is 30.8 Å². The summed E-state index contributed by atoms with van der Waals surface area (Å²) < 4.78 is 12.2. The van der Waals surface area contributed by atoms with Crippen molar-refractivity contribution in [3.8, 4) is 5.75 Å². The van der Waals surface area contributed by atoms with Gasteiger partial charge >= 0.3 is 7.60 Å². The summed E-state index contributed by atoms with van der Waals surface area (Å²) in [4.78, 5) is 58.0. The van der Waals surface area contributed by atoms with Crippen molar-refractivity contribution in [2.24, 2.45) is 5.92 Å². The molecule has 0 bridgehead atoms. The highest BCUT2D eigenvalue weighted by Gasteiger charge is 2.35. The van der Waals surface area contributed by atoms with Gasteiger partial charge in [0.2, 0.25) is 17.7 Å². The number of nitrogens with one attached hydrogen (secondary N) is 3. The maximum absolute atomic E-state index is 13.3. The van der Waals surface area contributed by atoms with E-state index in [0.717, 1.165) is 0 Å². The third-order valence-electron chi connectivity index (χ3n) is 5.92. The quantitative estimate of drug-likeness (QED) is 0.220. The summed E-state index contributed by atoms with van der Waals surface area (Å²) in [5.41, 5.74) is 1.13. The lowest BCUT2D eigenvalue weighted by molar-refractivity contribution is -0.132. The van der Waals surface area contributed by atoms with Crippen LogP contribution in [0.3, 0.4) is 0 Å². The summed E-state index contributed by atoms with van der Waals surface area (Å²) in [6, 6.07) is 10.2. The van der Waals surface area contributed by atoms with Gasteiger partial charge in [-0.3, -0.25) is 18.9 Å². The SMILES string of the molecule is CC[C@H](C)[C@H](NC(C)=O)C(=O)N[C@@H](Cc1ccc(O)cc1)C(=O)NC(Cc1ccc(Cl)cc1)P(=O)(O)O. The highest BCUT2D eigenvalue weighted by atomic mass is 35.5. The lowest BCUT2D eigenvalue weighted by Crippen LogP contribution is -2.57. The molecule has 0 aliphatic heterocycles. The highest BCUT2D eigenvalue weighted by molar-refractivity contribution is 7.52. The van der Waals surface area contributed by atoms with E-state index in [1.54, 1.807) is 43.3 Å². The van der Waals surface area contributed by atoms with Crippen LogP contribution in [0.15, 0.2) is 48.5 Å². The fraction of sp³-hybridized carbons (Fsp3) is 0.400.